The van der Waals surface area contributed by atoms with Crippen LogP contribution in [0.25, 0.3) is 0 Å². The summed E-state index contributed by atoms with van der Waals surface area (Å²) in [5.41, 5.74) is 0.843. The van der Waals surface area contributed by atoms with Gasteiger partial charge in [0, 0.05) is 25.7 Å². The van der Waals surface area contributed by atoms with Crippen molar-refractivity contribution in [2.75, 3.05) is 27.2 Å². The largest absolute Gasteiger partial charge is 0.496 e. The average Bonchev–Trinajstić information content (AvgIpc) is 2.52. The van der Waals surface area contributed by atoms with Crippen LogP contribution in [0.5, 0.6) is 5.75 Å². The Balaban J connectivity index is 2.25. The van der Waals surface area contributed by atoms with Crippen molar-refractivity contribution in [1.29, 1.82) is 0 Å². The topological polar surface area (TPSA) is 59.1 Å². The molecule has 0 N–H and O–H groups in total. The Hall–Kier alpha value is -1.15. The minimum Gasteiger partial charge on any atom is -0.496 e. The predicted octanol–water partition coefficient (Wildman–Crippen LogP) is 2.04. The van der Waals surface area contributed by atoms with Crippen LogP contribution in [-0.2, 0) is 14.9 Å². The molecule has 1 heterocycles. The number of hydrogen-bond acceptors (Lipinski definition) is 4. The standard InChI is InChI=1S/C16H26N2O4S/c1-12-10-18(11-13(2)22-12)23(19,20)17(4)14(3)15-8-6-7-9-16(15)21-5/h6-9,12-14H,10-11H2,1-5H3/t12-,13+,14-/m1/s1. The van der Waals surface area contributed by atoms with E-state index in [0.717, 1.165) is 5.56 Å². The van der Waals surface area contributed by atoms with Gasteiger partial charge in [0.15, 0.2) is 0 Å². The first-order valence-electron chi connectivity index (χ1n) is 7.78. The second-order valence-corrected chi connectivity index (χ2v) is 8.00. The van der Waals surface area contributed by atoms with Crippen molar-refractivity contribution in [3.05, 3.63) is 29.8 Å². The number of benzene rings is 1. The molecule has 0 aromatic heterocycles. The molecule has 1 fully saturated rings. The Morgan fingerprint density at radius 2 is 1.83 bits per heavy atom. The summed E-state index contributed by atoms with van der Waals surface area (Å²) in [6.07, 6.45) is -0.216. The quantitative estimate of drug-likeness (QED) is 0.822. The van der Waals surface area contributed by atoms with Gasteiger partial charge in [0.05, 0.1) is 25.4 Å². The van der Waals surface area contributed by atoms with E-state index >= 15 is 0 Å². The molecular formula is C16H26N2O4S. The van der Waals surface area contributed by atoms with Gasteiger partial charge >= 0.3 is 0 Å². The van der Waals surface area contributed by atoms with E-state index in [9.17, 15) is 8.42 Å². The van der Waals surface area contributed by atoms with Gasteiger partial charge in [0.1, 0.15) is 5.75 Å². The highest BCUT2D eigenvalue weighted by atomic mass is 32.2. The third-order valence-corrected chi connectivity index (χ3v) is 6.21. The maximum absolute atomic E-state index is 12.9. The molecule has 0 aliphatic carbocycles. The van der Waals surface area contributed by atoms with E-state index in [1.165, 1.54) is 8.61 Å². The zero-order chi connectivity index (χ0) is 17.2. The fraction of sp³-hybridized carbons (Fsp3) is 0.625. The van der Waals surface area contributed by atoms with Crippen LogP contribution in [0.3, 0.4) is 0 Å². The first-order chi connectivity index (χ1) is 10.8. The highest BCUT2D eigenvalue weighted by Gasteiger charge is 2.36. The number of hydrogen-bond donors (Lipinski definition) is 0. The maximum Gasteiger partial charge on any atom is 0.282 e. The lowest BCUT2D eigenvalue weighted by molar-refractivity contribution is -0.0455. The van der Waals surface area contributed by atoms with Crippen molar-refractivity contribution < 1.29 is 17.9 Å². The molecule has 130 valence electrons. The Morgan fingerprint density at radius 1 is 1.26 bits per heavy atom. The molecule has 23 heavy (non-hydrogen) atoms. The third kappa shape index (κ3) is 3.85. The lowest BCUT2D eigenvalue weighted by Gasteiger charge is -2.38. The Labute approximate surface area is 139 Å². The van der Waals surface area contributed by atoms with Gasteiger partial charge in [-0.25, -0.2) is 0 Å². The lowest BCUT2D eigenvalue weighted by atomic mass is 10.1. The van der Waals surface area contributed by atoms with Crippen LogP contribution < -0.4 is 4.74 Å². The van der Waals surface area contributed by atoms with E-state index < -0.39 is 10.2 Å². The van der Waals surface area contributed by atoms with Crippen LogP contribution >= 0.6 is 0 Å². The van der Waals surface area contributed by atoms with E-state index in [1.54, 1.807) is 14.2 Å². The van der Waals surface area contributed by atoms with Gasteiger partial charge in [0.2, 0.25) is 0 Å². The van der Waals surface area contributed by atoms with Crippen LogP contribution in [0.1, 0.15) is 32.4 Å². The number of nitrogens with zero attached hydrogens (tertiary/aromatic N) is 2. The Morgan fingerprint density at radius 3 is 2.39 bits per heavy atom. The summed E-state index contributed by atoms with van der Waals surface area (Å²) in [7, 11) is -0.372. The van der Waals surface area contributed by atoms with E-state index in [1.807, 2.05) is 45.0 Å². The molecule has 1 aliphatic heterocycles. The van der Waals surface area contributed by atoms with E-state index in [0.29, 0.717) is 18.8 Å². The molecule has 1 aromatic carbocycles. The minimum atomic E-state index is -3.57. The molecule has 6 nitrogen and oxygen atoms in total. The second kappa shape index (κ2) is 7.17. The second-order valence-electron chi connectivity index (χ2n) is 6.02. The Kier molecular flexibility index (Phi) is 5.67. The van der Waals surface area contributed by atoms with Crippen LogP contribution in [0.15, 0.2) is 24.3 Å². The van der Waals surface area contributed by atoms with E-state index in [-0.39, 0.29) is 18.2 Å². The van der Waals surface area contributed by atoms with Gasteiger partial charge in [-0.3, -0.25) is 0 Å². The highest BCUT2D eigenvalue weighted by Crippen LogP contribution is 2.31. The fourth-order valence-corrected chi connectivity index (χ4v) is 4.58. The number of rotatable bonds is 5. The highest BCUT2D eigenvalue weighted by molar-refractivity contribution is 7.86. The summed E-state index contributed by atoms with van der Waals surface area (Å²) >= 11 is 0. The molecule has 7 heteroatoms. The number of methoxy groups -OCH3 is 1. The molecule has 0 radical (unpaired) electrons. The van der Waals surface area contributed by atoms with Crippen LogP contribution in [0.2, 0.25) is 0 Å². The molecule has 2 rings (SSSR count). The lowest BCUT2D eigenvalue weighted by Crippen LogP contribution is -2.52. The van der Waals surface area contributed by atoms with E-state index in [2.05, 4.69) is 0 Å². The van der Waals surface area contributed by atoms with Gasteiger partial charge in [0.25, 0.3) is 10.2 Å². The fourth-order valence-electron chi connectivity index (χ4n) is 2.91. The van der Waals surface area contributed by atoms with Gasteiger partial charge in [-0.1, -0.05) is 18.2 Å². The molecule has 0 saturated carbocycles. The van der Waals surface area contributed by atoms with Crippen LogP contribution in [0, 0.1) is 0 Å². The molecule has 1 aliphatic rings. The first kappa shape index (κ1) is 18.2. The van der Waals surface area contributed by atoms with E-state index in [4.69, 9.17) is 9.47 Å². The monoisotopic (exact) mass is 342 g/mol. The maximum atomic E-state index is 12.9. The summed E-state index contributed by atoms with van der Waals surface area (Å²) in [6.45, 7) is 6.39. The first-order valence-corrected chi connectivity index (χ1v) is 9.18. The Bertz CT molecular complexity index is 625. The molecule has 0 bridgehead atoms. The molecule has 0 spiro atoms. The SMILES string of the molecule is COc1ccccc1[C@@H](C)N(C)S(=O)(=O)N1C[C@@H](C)O[C@@H](C)C1. The molecule has 0 unspecified atom stereocenters. The van der Waals surface area contributed by atoms with Gasteiger partial charge in [-0.15, -0.1) is 0 Å². The summed E-state index contributed by atoms with van der Waals surface area (Å²) < 4.78 is 39.8. The van der Waals surface area contributed by atoms with Crippen LogP contribution in [-0.4, -0.2) is 56.5 Å². The summed E-state index contributed by atoms with van der Waals surface area (Å²) in [5, 5.41) is 0. The average molecular weight is 342 g/mol. The smallest absolute Gasteiger partial charge is 0.282 e. The van der Waals surface area contributed by atoms with Gasteiger partial charge in [-0.05, 0) is 26.8 Å². The minimum absolute atomic E-state index is 0.108. The summed E-state index contributed by atoms with van der Waals surface area (Å²) in [5.74, 6) is 0.686. The zero-order valence-electron chi connectivity index (χ0n) is 14.4. The predicted molar refractivity (Wildman–Crippen MR) is 89.7 cm³/mol. The molecular weight excluding hydrogens is 316 g/mol. The van der Waals surface area contributed by atoms with Crippen LogP contribution in [0.4, 0.5) is 0 Å². The van der Waals surface area contributed by atoms with Crippen molar-refractivity contribution in [3.8, 4) is 5.75 Å². The molecule has 0 amide bonds. The molecule has 1 saturated heterocycles. The van der Waals surface area contributed by atoms with Crippen molar-refractivity contribution in [2.24, 2.45) is 0 Å². The molecule has 3 atom stereocenters. The van der Waals surface area contributed by atoms with Crippen molar-refractivity contribution in [3.63, 3.8) is 0 Å². The number of ether oxygens (including phenoxy) is 2. The van der Waals surface area contributed by atoms with Gasteiger partial charge < -0.3 is 9.47 Å². The number of morpholine rings is 1. The van der Waals surface area contributed by atoms with Crippen molar-refractivity contribution in [2.45, 2.75) is 39.0 Å². The molecule has 1 aromatic rings. The number of para-hydroxylation sites is 1. The summed E-state index contributed by atoms with van der Waals surface area (Å²) in [6, 6.07) is 7.15. The van der Waals surface area contributed by atoms with Crippen molar-refractivity contribution >= 4 is 10.2 Å². The third-order valence-electron chi connectivity index (χ3n) is 4.21. The van der Waals surface area contributed by atoms with Gasteiger partial charge in [-0.2, -0.15) is 17.0 Å². The zero-order valence-corrected chi connectivity index (χ0v) is 15.2. The summed E-state index contributed by atoms with van der Waals surface area (Å²) in [4.78, 5) is 0. The normalized spacial score (nSPS) is 24.6. The van der Waals surface area contributed by atoms with Crippen molar-refractivity contribution in [1.82, 2.24) is 8.61 Å².